The lowest BCUT2D eigenvalue weighted by Gasteiger charge is -2.34. The lowest BCUT2D eigenvalue weighted by Crippen LogP contribution is -2.48. The van der Waals surface area contributed by atoms with E-state index in [-0.39, 0.29) is 12.5 Å². The Morgan fingerprint density at radius 3 is 2.50 bits per heavy atom. The number of amides is 1. The van der Waals surface area contributed by atoms with Gasteiger partial charge in [-0.05, 0) is 58.2 Å². The maximum atomic E-state index is 12.8. The summed E-state index contributed by atoms with van der Waals surface area (Å²) in [6.07, 6.45) is 0. The molecular formula is C24H25BrN2O3. The highest BCUT2D eigenvalue weighted by Gasteiger charge is 2.24. The molecular weight excluding hydrogens is 444 g/mol. The molecule has 6 heteroatoms. The Hall–Kier alpha value is -2.57. The van der Waals surface area contributed by atoms with E-state index in [1.165, 1.54) is 11.1 Å². The largest absolute Gasteiger partial charge is 0.484 e. The average Bonchev–Trinajstić information content (AvgIpc) is 3.24. The first-order valence-electron chi connectivity index (χ1n) is 10.1. The van der Waals surface area contributed by atoms with Crippen LogP contribution in [0.25, 0.3) is 0 Å². The van der Waals surface area contributed by atoms with Crippen LogP contribution in [0, 0.1) is 6.92 Å². The number of hydrogen-bond donors (Lipinski definition) is 0. The van der Waals surface area contributed by atoms with Gasteiger partial charge in [0.25, 0.3) is 5.91 Å². The Morgan fingerprint density at radius 2 is 1.73 bits per heavy atom. The molecule has 1 aliphatic heterocycles. The number of piperazine rings is 1. The number of rotatable bonds is 6. The van der Waals surface area contributed by atoms with Crippen LogP contribution in [0.3, 0.4) is 0 Å². The van der Waals surface area contributed by atoms with Gasteiger partial charge in [0, 0.05) is 32.7 Å². The summed E-state index contributed by atoms with van der Waals surface area (Å²) in [4.78, 5) is 17.1. The zero-order chi connectivity index (χ0) is 20.9. The molecule has 2 heterocycles. The minimum absolute atomic E-state index is 0.0577. The van der Waals surface area contributed by atoms with Crippen molar-refractivity contribution in [3.63, 3.8) is 0 Å². The number of hydrogen-bond acceptors (Lipinski definition) is 4. The minimum atomic E-state index is -0.0577. The van der Waals surface area contributed by atoms with Gasteiger partial charge in [-0.25, -0.2) is 0 Å². The summed E-state index contributed by atoms with van der Waals surface area (Å²) < 4.78 is 12.4. The van der Waals surface area contributed by atoms with E-state index in [1.54, 1.807) is 12.1 Å². The maximum absolute atomic E-state index is 12.8. The van der Waals surface area contributed by atoms with E-state index in [2.05, 4.69) is 52.0 Å². The first kappa shape index (κ1) is 20.7. The molecule has 2 aromatic carbocycles. The van der Waals surface area contributed by atoms with Gasteiger partial charge in [0.05, 0.1) is 4.47 Å². The van der Waals surface area contributed by atoms with Gasteiger partial charge >= 0.3 is 0 Å². The molecule has 0 bridgehead atoms. The number of furan rings is 1. The fourth-order valence-corrected chi connectivity index (χ4v) is 3.97. The van der Waals surface area contributed by atoms with Gasteiger partial charge in [0.2, 0.25) is 0 Å². The predicted octanol–water partition coefficient (Wildman–Crippen LogP) is 4.89. The molecule has 0 unspecified atom stereocenters. The first-order chi connectivity index (χ1) is 14.6. The number of halogens is 1. The third-order valence-electron chi connectivity index (χ3n) is 5.39. The summed E-state index contributed by atoms with van der Waals surface area (Å²) in [6.45, 7) is 6.47. The zero-order valence-electron chi connectivity index (χ0n) is 17.0. The number of aryl methyl sites for hydroxylation is 1. The van der Waals surface area contributed by atoms with Crippen molar-refractivity contribution in [3.8, 4) is 5.75 Å². The lowest BCUT2D eigenvalue weighted by molar-refractivity contribution is 0.0594. The third-order valence-corrected chi connectivity index (χ3v) is 6.05. The van der Waals surface area contributed by atoms with E-state index in [1.807, 2.05) is 29.2 Å². The SMILES string of the molecule is Cc1ccccc1CN1CCN(C(=O)c2ccc(COc3ccccc3Br)o2)CC1. The van der Waals surface area contributed by atoms with E-state index in [4.69, 9.17) is 9.15 Å². The second-order valence-corrected chi connectivity index (χ2v) is 8.33. The molecule has 0 radical (unpaired) electrons. The molecule has 1 aliphatic rings. The fraction of sp³-hybridized carbons (Fsp3) is 0.292. The highest BCUT2D eigenvalue weighted by Crippen LogP contribution is 2.25. The second kappa shape index (κ2) is 9.49. The Morgan fingerprint density at radius 1 is 1.00 bits per heavy atom. The maximum Gasteiger partial charge on any atom is 0.289 e. The summed E-state index contributed by atoms with van der Waals surface area (Å²) in [7, 11) is 0. The normalized spacial score (nSPS) is 14.7. The van der Waals surface area contributed by atoms with Crippen LogP contribution >= 0.6 is 15.9 Å². The average molecular weight is 469 g/mol. The molecule has 0 saturated carbocycles. The lowest BCUT2D eigenvalue weighted by atomic mass is 10.1. The van der Waals surface area contributed by atoms with E-state index in [0.717, 1.165) is 29.9 Å². The van der Waals surface area contributed by atoms with Gasteiger partial charge in [0.15, 0.2) is 5.76 Å². The monoisotopic (exact) mass is 468 g/mol. The molecule has 0 N–H and O–H groups in total. The number of carbonyl (C=O) groups excluding carboxylic acids is 1. The number of nitrogens with zero attached hydrogens (tertiary/aromatic N) is 2. The number of carbonyl (C=O) groups is 1. The van der Waals surface area contributed by atoms with E-state index < -0.39 is 0 Å². The van der Waals surface area contributed by atoms with Crippen LogP contribution in [0.2, 0.25) is 0 Å². The van der Waals surface area contributed by atoms with Crippen molar-refractivity contribution in [1.29, 1.82) is 0 Å². The molecule has 156 valence electrons. The molecule has 3 aromatic rings. The molecule has 0 aliphatic carbocycles. The van der Waals surface area contributed by atoms with Gasteiger partial charge in [-0.15, -0.1) is 0 Å². The Kier molecular flexibility index (Phi) is 6.55. The van der Waals surface area contributed by atoms with Crippen LogP contribution < -0.4 is 4.74 Å². The summed E-state index contributed by atoms with van der Waals surface area (Å²) in [5.74, 6) is 1.68. The summed E-state index contributed by atoms with van der Waals surface area (Å²) >= 11 is 3.46. The van der Waals surface area contributed by atoms with E-state index in [0.29, 0.717) is 24.6 Å². The van der Waals surface area contributed by atoms with Crippen LogP contribution in [0.1, 0.15) is 27.4 Å². The van der Waals surface area contributed by atoms with Gasteiger partial charge in [-0.1, -0.05) is 36.4 Å². The molecule has 5 nitrogen and oxygen atoms in total. The van der Waals surface area contributed by atoms with Crippen molar-refractivity contribution in [3.05, 3.63) is 87.8 Å². The number of benzene rings is 2. The number of para-hydroxylation sites is 1. The van der Waals surface area contributed by atoms with Crippen LogP contribution in [0.5, 0.6) is 5.75 Å². The molecule has 4 rings (SSSR count). The fourth-order valence-electron chi connectivity index (χ4n) is 3.57. The second-order valence-electron chi connectivity index (χ2n) is 7.48. The standard InChI is InChI=1S/C24H25BrN2O3/c1-18-6-2-3-7-19(18)16-26-12-14-27(15-13-26)24(28)23-11-10-20(30-23)17-29-22-9-5-4-8-21(22)25/h2-11H,12-17H2,1H3. The Balaban J connectivity index is 1.29. The Bertz CT molecular complexity index is 1010. The van der Waals surface area contributed by atoms with E-state index in [9.17, 15) is 4.79 Å². The summed E-state index contributed by atoms with van der Waals surface area (Å²) in [6, 6.07) is 19.7. The minimum Gasteiger partial charge on any atom is -0.484 e. The third kappa shape index (κ3) is 4.94. The zero-order valence-corrected chi connectivity index (χ0v) is 18.6. The van der Waals surface area contributed by atoms with E-state index >= 15 is 0 Å². The van der Waals surface area contributed by atoms with Crippen LogP contribution in [0.15, 0.2) is 69.6 Å². The van der Waals surface area contributed by atoms with Crippen LogP contribution in [0.4, 0.5) is 0 Å². The summed E-state index contributed by atoms with van der Waals surface area (Å²) in [5, 5.41) is 0. The molecule has 1 fully saturated rings. The van der Waals surface area contributed by atoms with Crippen molar-refractivity contribution in [2.24, 2.45) is 0 Å². The molecule has 1 amide bonds. The topological polar surface area (TPSA) is 45.9 Å². The predicted molar refractivity (Wildman–Crippen MR) is 120 cm³/mol. The smallest absolute Gasteiger partial charge is 0.289 e. The quantitative estimate of drug-likeness (QED) is 0.516. The van der Waals surface area contributed by atoms with Crippen LogP contribution in [-0.4, -0.2) is 41.9 Å². The van der Waals surface area contributed by atoms with Gasteiger partial charge < -0.3 is 14.1 Å². The van der Waals surface area contributed by atoms with Crippen molar-refractivity contribution >= 4 is 21.8 Å². The van der Waals surface area contributed by atoms with Gasteiger partial charge in [-0.3, -0.25) is 9.69 Å². The first-order valence-corrected chi connectivity index (χ1v) is 10.9. The van der Waals surface area contributed by atoms with Crippen molar-refractivity contribution < 1.29 is 13.9 Å². The van der Waals surface area contributed by atoms with Gasteiger partial charge in [0.1, 0.15) is 18.1 Å². The molecule has 1 saturated heterocycles. The Labute approximate surface area is 185 Å². The van der Waals surface area contributed by atoms with Crippen molar-refractivity contribution in [2.45, 2.75) is 20.1 Å². The summed E-state index contributed by atoms with van der Waals surface area (Å²) in [5.41, 5.74) is 2.65. The molecule has 0 spiro atoms. The molecule has 30 heavy (non-hydrogen) atoms. The van der Waals surface area contributed by atoms with Crippen LogP contribution in [-0.2, 0) is 13.2 Å². The highest BCUT2D eigenvalue weighted by atomic mass is 79.9. The number of ether oxygens (including phenoxy) is 1. The van der Waals surface area contributed by atoms with Gasteiger partial charge in [-0.2, -0.15) is 0 Å². The van der Waals surface area contributed by atoms with Crippen molar-refractivity contribution in [2.75, 3.05) is 26.2 Å². The highest BCUT2D eigenvalue weighted by molar-refractivity contribution is 9.10. The molecule has 1 aromatic heterocycles. The molecule has 0 atom stereocenters. The van der Waals surface area contributed by atoms with Crippen molar-refractivity contribution in [1.82, 2.24) is 9.80 Å².